The summed E-state index contributed by atoms with van der Waals surface area (Å²) in [5.41, 5.74) is 1.78. The number of benzene rings is 2. The van der Waals surface area contributed by atoms with Gasteiger partial charge in [-0.3, -0.25) is 4.79 Å². The molecule has 37 heavy (non-hydrogen) atoms. The lowest BCUT2D eigenvalue weighted by molar-refractivity contribution is 0.102. The predicted molar refractivity (Wildman–Crippen MR) is 141 cm³/mol. The molecule has 0 bridgehead atoms. The van der Waals surface area contributed by atoms with E-state index in [9.17, 15) is 13.2 Å². The first kappa shape index (κ1) is 25.2. The number of thiazole rings is 1. The Bertz CT molecular complexity index is 1510. The number of carbonyl (C=O) groups excluding carboxylic acids is 1. The van der Waals surface area contributed by atoms with E-state index >= 15 is 0 Å². The molecule has 0 spiro atoms. The molecule has 0 atom stereocenters. The van der Waals surface area contributed by atoms with Crippen LogP contribution in [0.3, 0.4) is 0 Å². The summed E-state index contributed by atoms with van der Waals surface area (Å²) in [6, 6.07) is 11.4. The molecule has 5 rings (SSSR count). The Morgan fingerprint density at radius 3 is 2.43 bits per heavy atom. The summed E-state index contributed by atoms with van der Waals surface area (Å²) in [7, 11) is -3.62. The van der Waals surface area contributed by atoms with Gasteiger partial charge in [0, 0.05) is 36.9 Å². The molecule has 0 radical (unpaired) electrons. The molecule has 0 saturated heterocycles. The minimum atomic E-state index is -3.62. The molecule has 2 aromatic carbocycles. The zero-order valence-electron chi connectivity index (χ0n) is 20.7. The van der Waals surface area contributed by atoms with Crippen molar-refractivity contribution in [3.05, 3.63) is 53.7 Å². The van der Waals surface area contributed by atoms with Gasteiger partial charge < -0.3 is 14.8 Å². The van der Waals surface area contributed by atoms with Gasteiger partial charge in [-0.25, -0.2) is 13.4 Å². The number of ether oxygens (including phenoxy) is 2. The van der Waals surface area contributed by atoms with Gasteiger partial charge in [0.1, 0.15) is 5.82 Å². The zero-order chi connectivity index (χ0) is 26.2. The SMILES string of the molecule is CCCN(CCC)S(=O)(=O)c1ccc(C(=O)Nc2cc(C)nn2-c2nc3cc4c(cc3s2)OCO4)cc1. The number of anilines is 1. The van der Waals surface area contributed by atoms with E-state index in [1.54, 1.807) is 10.7 Å². The summed E-state index contributed by atoms with van der Waals surface area (Å²) in [5.74, 6) is 1.39. The zero-order valence-corrected chi connectivity index (χ0v) is 22.4. The van der Waals surface area contributed by atoms with E-state index in [0.29, 0.717) is 46.8 Å². The highest BCUT2D eigenvalue weighted by Crippen LogP contribution is 2.39. The Hall–Kier alpha value is -3.48. The van der Waals surface area contributed by atoms with Crippen molar-refractivity contribution in [3.8, 4) is 16.6 Å². The van der Waals surface area contributed by atoms with Crippen molar-refractivity contribution in [2.45, 2.75) is 38.5 Å². The average molecular weight is 542 g/mol. The van der Waals surface area contributed by atoms with E-state index in [0.717, 1.165) is 23.1 Å². The molecule has 0 unspecified atom stereocenters. The van der Waals surface area contributed by atoms with E-state index in [-0.39, 0.29) is 17.6 Å². The van der Waals surface area contributed by atoms with Gasteiger partial charge in [0.25, 0.3) is 5.91 Å². The van der Waals surface area contributed by atoms with Gasteiger partial charge in [-0.05, 0) is 44.0 Å². The van der Waals surface area contributed by atoms with Crippen LogP contribution in [0.4, 0.5) is 5.82 Å². The quantitative estimate of drug-likeness (QED) is 0.330. The number of carbonyl (C=O) groups is 1. The third-order valence-electron chi connectivity index (χ3n) is 5.83. The van der Waals surface area contributed by atoms with E-state index in [1.165, 1.54) is 39.9 Å². The second-order valence-corrected chi connectivity index (χ2v) is 11.6. The van der Waals surface area contributed by atoms with Crippen LogP contribution < -0.4 is 14.8 Å². The number of amides is 1. The molecule has 0 fully saturated rings. The summed E-state index contributed by atoms with van der Waals surface area (Å²) in [6.45, 7) is 6.82. The molecule has 12 heteroatoms. The van der Waals surface area contributed by atoms with E-state index in [4.69, 9.17) is 9.47 Å². The van der Waals surface area contributed by atoms with Crippen molar-refractivity contribution in [1.29, 1.82) is 0 Å². The number of rotatable bonds is 9. The number of aromatic nitrogens is 3. The first-order chi connectivity index (χ1) is 17.8. The smallest absolute Gasteiger partial charge is 0.256 e. The highest BCUT2D eigenvalue weighted by Gasteiger charge is 2.24. The Morgan fingerprint density at radius 1 is 1.08 bits per heavy atom. The number of nitrogens with zero attached hydrogens (tertiary/aromatic N) is 4. The molecule has 0 aliphatic carbocycles. The molecule has 194 valence electrons. The maximum absolute atomic E-state index is 13.1. The maximum atomic E-state index is 13.1. The van der Waals surface area contributed by atoms with Gasteiger partial charge in [0.05, 0.1) is 20.8 Å². The fourth-order valence-electron chi connectivity index (χ4n) is 4.10. The van der Waals surface area contributed by atoms with Crippen LogP contribution in [0.5, 0.6) is 11.5 Å². The minimum Gasteiger partial charge on any atom is -0.454 e. The standard InChI is InChI=1S/C25H27N5O5S2/c1-4-10-29(11-5-2)37(32,33)18-8-6-17(7-9-18)24(31)27-23-12-16(3)28-30(23)25-26-19-13-20-21(35-15-34-20)14-22(19)36-25/h6-9,12-14H,4-5,10-11,15H2,1-3H3,(H,27,31). The van der Waals surface area contributed by atoms with E-state index in [1.807, 2.05) is 32.9 Å². The number of fused-ring (bicyclic) bond motifs is 2. The molecule has 1 N–H and O–H groups in total. The predicted octanol–water partition coefficient (Wildman–Crippen LogP) is 4.58. The van der Waals surface area contributed by atoms with Gasteiger partial charge in [0.15, 0.2) is 11.5 Å². The van der Waals surface area contributed by atoms with Crippen molar-refractivity contribution < 1.29 is 22.7 Å². The van der Waals surface area contributed by atoms with Gasteiger partial charge in [-0.15, -0.1) is 0 Å². The monoisotopic (exact) mass is 541 g/mol. The molecular formula is C25H27N5O5S2. The normalized spacial score (nSPS) is 13.0. The summed E-state index contributed by atoms with van der Waals surface area (Å²) >= 11 is 1.41. The summed E-state index contributed by atoms with van der Waals surface area (Å²) in [5, 5.41) is 7.96. The maximum Gasteiger partial charge on any atom is 0.256 e. The number of hydrogen-bond donors (Lipinski definition) is 1. The largest absolute Gasteiger partial charge is 0.454 e. The van der Waals surface area contributed by atoms with Crippen LogP contribution in [0.25, 0.3) is 15.3 Å². The van der Waals surface area contributed by atoms with Crippen LogP contribution in [0.1, 0.15) is 42.7 Å². The van der Waals surface area contributed by atoms with E-state index in [2.05, 4.69) is 15.4 Å². The molecule has 1 aliphatic heterocycles. The number of aryl methyl sites for hydroxylation is 1. The van der Waals surface area contributed by atoms with Crippen LogP contribution in [-0.2, 0) is 10.0 Å². The Morgan fingerprint density at radius 2 is 1.76 bits per heavy atom. The molecular weight excluding hydrogens is 514 g/mol. The highest BCUT2D eigenvalue weighted by molar-refractivity contribution is 7.89. The molecule has 10 nitrogen and oxygen atoms in total. The van der Waals surface area contributed by atoms with Crippen LogP contribution in [-0.4, -0.2) is 53.3 Å². The van der Waals surface area contributed by atoms with Crippen molar-refractivity contribution in [1.82, 2.24) is 19.1 Å². The molecule has 0 saturated carbocycles. The molecule has 2 aromatic heterocycles. The molecule has 3 heterocycles. The first-order valence-corrected chi connectivity index (χ1v) is 14.2. The summed E-state index contributed by atoms with van der Waals surface area (Å²) in [4.78, 5) is 17.9. The first-order valence-electron chi connectivity index (χ1n) is 12.0. The lowest BCUT2D eigenvalue weighted by atomic mass is 10.2. The van der Waals surface area contributed by atoms with Crippen LogP contribution >= 0.6 is 11.3 Å². The van der Waals surface area contributed by atoms with Crippen LogP contribution in [0.2, 0.25) is 0 Å². The molecule has 1 aliphatic rings. The Labute approximate surface area is 218 Å². The third-order valence-corrected chi connectivity index (χ3v) is 8.73. The highest BCUT2D eigenvalue weighted by atomic mass is 32.2. The fraction of sp³-hybridized carbons (Fsp3) is 0.320. The van der Waals surface area contributed by atoms with Gasteiger partial charge in [0.2, 0.25) is 21.9 Å². The Balaban J connectivity index is 1.37. The minimum absolute atomic E-state index is 0.168. The third kappa shape index (κ3) is 4.91. The number of hydrogen-bond acceptors (Lipinski definition) is 8. The van der Waals surface area contributed by atoms with E-state index < -0.39 is 10.0 Å². The van der Waals surface area contributed by atoms with Crippen molar-refractivity contribution in [2.24, 2.45) is 0 Å². The van der Waals surface area contributed by atoms with Gasteiger partial charge in [-0.2, -0.15) is 14.1 Å². The second kappa shape index (κ2) is 10.1. The number of sulfonamides is 1. The Kier molecular flexibility index (Phi) is 6.88. The van der Waals surface area contributed by atoms with Crippen LogP contribution in [0.15, 0.2) is 47.4 Å². The number of nitrogens with one attached hydrogen (secondary N) is 1. The van der Waals surface area contributed by atoms with Crippen LogP contribution in [0, 0.1) is 6.92 Å². The lowest BCUT2D eigenvalue weighted by Crippen LogP contribution is -2.32. The average Bonchev–Trinajstić information content (AvgIpc) is 3.59. The van der Waals surface area contributed by atoms with Crippen molar-refractivity contribution in [3.63, 3.8) is 0 Å². The topological polar surface area (TPSA) is 116 Å². The van der Waals surface area contributed by atoms with Crippen molar-refractivity contribution >= 4 is 43.3 Å². The lowest BCUT2D eigenvalue weighted by Gasteiger charge is -2.21. The van der Waals surface area contributed by atoms with Gasteiger partial charge >= 0.3 is 0 Å². The van der Waals surface area contributed by atoms with Gasteiger partial charge in [-0.1, -0.05) is 25.2 Å². The molecule has 1 amide bonds. The summed E-state index contributed by atoms with van der Waals surface area (Å²) in [6.07, 6.45) is 1.46. The molecule has 4 aromatic rings. The van der Waals surface area contributed by atoms with Crippen molar-refractivity contribution in [2.75, 3.05) is 25.2 Å². The summed E-state index contributed by atoms with van der Waals surface area (Å²) < 4.78 is 40.9. The fourth-order valence-corrected chi connectivity index (χ4v) is 6.66. The second-order valence-electron chi connectivity index (χ2n) is 8.63.